The van der Waals surface area contributed by atoms with E-state index in [2.05, 4.69) is 34.3 Å². The van der Waals surface area contributed by atoms with E-state index in [4.69, 9.17) is 4.74 Å². The van der Waals surface area contributed by atoms with Crippen LogP contribution in [0, 0.1) is 0 Å². The van der Waals surface area contributed by atoms with Crippen molar-refractivity contribution in [3.63, 3.8) is 0 Å². The van der Waals surface area contributed by atoms with Crippen LogP contribution in [0.2, 0.25) is 0 Å². The number of nitrogens with one attached hydrogen (secondary N) is 3. The number of amides is 1. The van der Waals surface area contributed by atoms with Crippen LogP contribution in [0.4, 0.5) is 0 Å². The molecule has 1 aromatic carbocycles. The Morgan fingerprint density at radius 2 is 1.95 bits per heavy atom. The lowest BCUT2D eigenvalue weighted by atomic mass is 10.1. The summed E-state index contributed by atoms with van der Waals surface area (Å²) >= 11 is 0. The number of carbonyl (C=O) groups is 1. The van der Waals surface area contributed by atoms with Crippen LogP contribution in [0.25, 0.3) is 0 Å². The first-order valence-electron chi connectivity index (χ1n) is 6.53. The van der Waals surface area contributed by atoms with Crippen molar-refractivity contribution >= 4 is 24.7 Å². The lowest BCUT2D eigenvalue weighted by molar-refractivity contribution is -0.120. The maximum Gasteiger partial charge on any atom is 0.234 e. The number of hydrogen-bond donors (Lipinski definition) is 3. The van der Waals surface area contributed by atoms with Gasteiger partial charge in [0.25, 0.3) is 0 Å². The molecular weight excluding hydrogens is 292 g/mol. The molecule has 0 radical (unpaired) electrons. The fourth-order valence-corrected chi connectivity index (χ4v) is 2.08. The van der Waals surface area contributed by atoms with Crippen molar-refractivity contribution in [1.29, 1.82) is 0 Å². The van der Waals surface area contributed by atoms with E-state index in [0.717, 1.165) is 18.7 Å². The number of carbonyl (C=O) groups excluding carboxylic acids is 1. The van der Waals surface area contributed by atoms with Gasteiger partial charge in [0.2, 0.25) is 5.91 Å². The average molecular weight is 315 g/mol. The summed E-state index contributed by atoms with van der Waals surface area (Å²) in [6.45, 7) is 3.73. The van der Waals surface area contributed by atoms with E-state index in [0.29, 0.717) is 13.2 Å². The molecule has 112 valence electrons. The highest BCUT2D eigenvalue weighted by molar-refractivity contribution is 7.13. The summed E-state index contributed by atoms with van der Waals surface area (Å²) in [6, 6.07) is 8.07. The smallest absolute Gasteiger partial charge is 0.234 e. The average Bonchev–Trinajstić information content (AvgIpc) is 2.41. The number of hydrogen-bond acceptors (Lipinski definition) is 4. The molecule has 0 fully saturated rings. The number of benzene rings is 1. The van der Waals surface area contributed by atoms with Gasteiger partial charge in [0.05, 0.1) is 6.54 Å². The molecule has 0 aliphatic carbocycles. The van der Waals surface area contributed by atoms with Crippen LogP contribution in [0.1, 0.15) is 12.5 Å². The Kier molecular flexibility index (Phi) is 8.72. The van der Waals surface area contributed by atoms with Crippen molar-refractivity contribution in [2.45, 2.75) is 19.4 Å². The molecule has 3 unspecified atom stereocenters. The molecule has 0 spiro atoms. The van der Waals surface area contributed by atoms with Gasteiger partial charge in [0.1, 0.15) is 12.4 Å². The zero-order valence-electron chi connectivity index (χ0n) is 11.7. The molecule has 0 saturated heterocycles. The monoisotopic (exact) mass is 315 g/mol. The van der Waals surface area contributed by atoms with Gasteiger partial charge < -0.3 is 10.1 Å². The summed E-state index contributed by atoms with van der Waals surface area (Å²) in [7, 11) is 4.76. The van der Waals surface area contributed by atoms with E-state index in [1.165, 1.54) is 5.56 Å². The van der Waals surface area contributed by atoms with Crippen LogP contribution in [0.5, 0.6) is 5.75 Å². The van der Waals surface area contributed by atoms with Crippen LogP contribution in [-0.2, 0) is 11.2 Å². The summed E-state index contributed by atoms with van der Waals surface area (Å²) in [5.41, 5.74) is 1.17. The van der Waals surface area contributed by atoms with E-state index < -0.39 is 0 Å². The topological polar surface area (TPSA) is 62.4 Å². The zero-order chi connectivity index (χ0) is 14.8. The number of rotatable bonds is 9. The molecule has 1 amide bonds. The summed E-state index contributed by atoms with van der Waals surface area (Å²) in [6.07, 6.45) is 0.802. The molecule has 3 N–H and O–H groups in total. The Morgan fingerprint density at radius 1 is 1.25 bits per heavy atom. The van der Waals surface area contributed by atoms with Crippen LogP contribution in [-0.4, -0.2) is 31.6 Å². The Bertz CT molecular complexity index is 401. The van der Waals surface area contributed by atoms with Crippen molar-refractivity contribution in [2.24, 2.45) is 0 Å². The minimum atomic E-state index is -0.00242. The third kappa shape index (κ3) is 7.16. The van der Waals surface area contributed by atoms with Gasteiger partial charge in [-0.3, -0.25) is 15.0 Å². The van der Waals surface area contributed by atoms with Gasteiger partial charge >= 0.3 is 0 Å². The molecule has 0 bridgehead atoms. The molecule has 1 rings (SSSR count). The molecule has 20 heavy (non-hydrogen) atoms. The fourth-order valence-electron chi connectivity index (χ4n) is 1.77. The first kappa shape index (κ1) is 17.3. The van der Waals surface area contributed by atoms with Crippen LogP contribution >= 0.6 is 18.8 Å². The Morgan fingerprint density at radius 3 is 2.55 bits per heavy atom. The van der Waals surface area contributed by atoms with Crippen molar-refractivity contribution < 1.29 is 9.53 Å². The van der Waals surface area contributed by atoms with Crippen molar-refractivity contribution in [2.75, 3.05) is 19.7 Å². The fraction of sp³-hybridized carbons (Fsp3) is 0.462. The lowest BCUT2D eigenvalue weighted by Gasteiger charge is -2.14. The highest BCUT2D eigenvalue weighted by Crippen LogP contribution is 2.13. The molecule has 0 heterocycles. The van der Waals surface area contributed by atoms with E-state index in [9.17, 15) is 4.79 Å². The maximum atomic E-state index is 11.4. The summed E-state index contributed by atoms with van der Waals surface area (Å²) in [5.74, 6) is 0.857. The molecule has 0 saturated carbocycles. The molecule has 0 aliphatic heterocycles. The van der Waals surface area contributed by atoms with Gasteiger partial charge in [-0.05, 0) is 31.0 Å². The SMILES string of the molecule is CC(Cc1ccc(OCCNP)cc1)NC(=O)CNP. The van der Waals surface area contributed by atoms with Gasteiger partial charge in [-0.25, -0.2) is 0 Å². The molecule has 7 heteroatoms. The van der Waals surface area contributed by atoms with E-state index >= 15 is 0 Å². The minimum Gasteiger partial charge on any atom is -0.492 e. The predicted octanol–water partition coefficient (Wildman–Crippen LogP) is 0.872. The first-order chi connectivity index (χ1) is 9.65. The highest BCUT2D eigenvalue weighted by atomic mass is 31.0. The lowest BCUT2D eigenvalue weighted by Crippen LogP contribution is -2.38. The molecule has 1 aromatic rings. The van der Waals surface area contributed by atoms with Crippen LogP contribution in [0.15, 0.2) is 24.3 Å². The quantitative estimate of drug-likeness (QED) is 0.467. The zero-order valence-corrected chi connectivity index (χ0v) is 14.0. The van der Waals surface area contributed by atoms with Crippen LogP contribution in [0.3, 0.4) is 0 Å². The second-order valence-electron chi connectivity index (χ2n) is 4.50. The van der Waals surface area contributed by atoms with Crippen molar-refractivity contribution in [3.05, 3.63) is 29.8 Å². The van der Waals surface area contributed by atoms with Crippen molar-refractivity contribution in [1.82, 2.24) is 15.5 Å². The normalized spacial score (nSPS) is 11.9. The Balaban J connectivity index is 2.38. The Labute approximate surface area is 125 Å². The van der Waals surface area contributed by atoms with E-state index in [1.807, 2.05) is 31.2 Å². The van der Waals surface area contributed by atoms with Gasteiger partial charge in [0, 0.05) is 12.6 Å². The second kappa shape index (κ2) is 10.1. The largest absolute Gasteiger partial charge is 0.492 e. The standard InChI is InChI=1S/C13H23N3O2P2/c1-10(16-13(17)9-15-20)8-11-2-4-12(5-3-11)18-7-6-14-19/h2-5,10,14-15H,6-9,19-20H2,1H3,(H,16,17). The third-order valence-corrected chi connectivity index (χ3v) is 3.14. The predicted molar refractivity (Wildman–Crippen MR) is 88.7 cm³/mol. The van der Waals surface area contributed by atoms with E-state index in [-0.39, 0.29) is 11.9 Å². The van der Waals surface area contributed by atoms with Crippen LogP contribution < -0.4 is 20.2 Å². The molecule has 3 atom stereocenters. The summed E-state index contributed by atoms with van der Waals surface area (Å²) in [4.78, 5) is 11.4. The Hall–Kier alpha value is -0.730. The minimum absolute atomic E-state index is 0.00242. The molecular formula is C13H23N3O2P2. The summed E-state index contributed by atoms with van der Waals surface area (Å²) in [5, 5.41) is 8.63. The van der Waals surface area contributed by atoms with Gasteiger partial charge in [0.15, 0.2) is 0 Å². The maximum absolute atomic E-state index is 11.4. The highest BCUT2D eigenvalue weighted by Gasteiger charge is 2.07. The van der Waals surface area contributed by atoms with Gasteiger partial charge in [-0.2, -0.15) is 0 Å². The first-order valence-corrected chi connectivity index (χ1v) is 7.69. The molecule has 5 nitrogen and oxygen atoms in total. The second-order valence-corrected chi connectivity index (χ2v) is 5.32. The molecule has 0 aliphatic rings. The van der Waals surface area contributed by atoms with Crippen molar-refractivity contribution in [3.8, 4) is 5.75 Å². The van der Waals surface area contributed by atoms with Gasteiger partial charge in [-0.1, -0.05) is 30.9 Å². The number of ether oxygens (including phenoxy) is 1. The summed E-state index contributed by atoms with van der Waals surface area (Å²) < 4.78 is 5.55. The molecule has 0 aromatic heterocycles. The third-order valence-electron chi connectivity index (χ3n) is 2.65. The van der Waals surface area contributed by atoms with E-state index in [1.54, 1.807) is 0 Å². The van der Waals surface area contributed by atoms with Gasteiger partial charge in [-0.15, -0.1) is 0 Å².